The van der Waals surface area contributed by atoms with Gasteiger partial charge in [-0.15, -0.1) is 0 Å². The Hall–Kier alpha value is -2.77. The lowest BCUT2D eigenvalue weighted by Gasteiger charge is -2.18. The third-order valence-corrected chi connectivity index (χ3v) is 7.99. The second-order valence-corrected chi connectivity index (χ2v) is 13.5. The Balaban J connectivity index is 4.01. The molecule has 0 heterocycles. The molecule has 1 unspecified atom stereocenters. The van der Waals surface area contributed by atoms with Gasteiger partial charge in [-0.05, 0) is 64.2 Å². The van der Waals surface area contributed by atoms with E-state index < -0.39 is 32.5 Å². The first-order chi connectivity index (χ1) is 24.3. The lowest BCUT2D eigenvalue weighted by molar-refractivity contribution is -0.161. The van der Waals surface area contributed by atoms with E-state index in [2.05, 4.69) is 67.0 Å². The summed E-state index contributed by atoms with van der Waals surface area (Å²) in [5.41, 5.74) is 0. The Morgan fingerprint density at radius 1 is 0.540 bits per heavy atom. The van der Waals surface area contributed by atoms with E-state index in [1.807, 2.05) is 36.5 Å². The molecule has 0 aliphatic rings. The fraction of sp³-hybridized carbons (Fsp3) is 0.610. The van der Waals surface area contributed by atoms with Crippen LogP contribution in [0.15, 0.2) is 85.1 Å². The molecule has 0 saturated heterocycles. The highest BCUT2D eigenvalue weighted by atomic mass is 31.2. The molecule has 9 heteroatoms. The van der Waals surface area contributed by atoms with Crippen molar-refractivity contribution >= 4 is 19.8 Å². The first-order valence-electron chi connectivity index (χ1n) is 18.9. The van der Waals surface area contributed by atoms with E-state index in [1.165, 1.54) is 32.1 Å². The van der Waals surface area contributed by atoms with Crippen LogP contribution in [-0.4, -0.2) is 41.0 Å². The van der Waals surface area contributed by atoms with Gasteiger partial charge >= 0.3 is 19.8 Å². The zero-order chi connectivity index (χ0) is 36.8. The molecule has 1 atom stereocenters. The van der Waals surface area contributed by atoms with E-state index in [9.17, 15) is 14.2 Å². The summed E-state index contributed by atoms with van der Waals surface area (Å²) in [7, 11) is -4.77. The summed E-state index contributed by atoms with van der Waals surface area (Å²) in [5.74, 6) is -0.946. The number of carbonyl (C=O) groups is 2. The minimum absolute atomic E-state index is 0.160. The molecule has 0 rings (SSSR count). The Morgan fingerprint density at radius 2 is 1.00 bits per heavy atom. The van der Waals surface area contributed by atoms with Crippen molar-refractivity contribution in [1.82, 2.24) is 0 Å². The zero-order valence-electron chi connectivity index (χ0n) is 31.0. The van der Waals surface area contributed by atoms with Gasteiger partial charge in [0.1, 0.15) is 6.61 Å². The first-order valence-corrected chi connectivity index (χ1v) is 20.5. The zero-order valence-corrected chi connectivity index (χ0v) is 31.9. The molecule has 0 aromatic heterocycles. The van der Waals surface area contributed by atoms with Crippen LogP contribution in [0.25, 0.3) is 0 Å². The molecule has 284 valence electrons. The van der Waals surface area contributed by atoms with E-state index in [0.717, 1.165) is 70.6 Å². The molecule has 8 nitrogen and oxygen atoms in total. The van der Waals surface area contributed by atoms with Crippen LogP contribution < -0.4 is 0 Å². The Kier molecular flexibility index (Phi) is 34.0. The maximum Gasteiger partial charge on any atom is 0.469 e. The highest BCUT2D eigenvalue weighted by Crippen LogP contribution is 2.36. The summed E-state index contributed by atoms with van der Waals surface area (Å²) in [6, 6.07) is 0. The number of rotatable bonds is 33. The van der Waals surface area contributed by atoms with Gasteiger partial charge in [-0.1, -0.05) is 150 Å². The number of unbranched alkanes of at least 4 members (excludes halogenated alkanes) is 12. The lowest BCUT2D eigenvalue weighted by atomic mass is 10.1. The fourth-order valence-electron chi connectivity index (χ4n) is 4.75. The molecule has 0 radical (unpaired) electrons. The maximum atomic E-state index is 12.3. The summed E-state index contributed by atoms with van der Waals surface area (Å²) < 4.78 is 26.3. The normalized spacial score (nSPS) is 13.4. The van der Waals surface area contributed by atoms with Crippen molar-refractivity contribution in [3.05, 3.63) is 85.1 Å². The van der Waals surface area contributed by atoms with Gasteiger partial charge in [-0.3, -0.25) is 14.1 Å². The van der Waals surface area contributed by atoms with Crippen LogP contribution in [0.2, 0.25) is 0 Å². The lowest BCUT2D eigenvalue weighted by Crippen LogP contribution is -2.29. The van der Waals surface area contributed by atoms with Crippen molar-refractivity contribution in [2.24, 2.45) is 0 Å². The monoisotopic (exact) mass is 718 g/mol. The van der Waals surface area contributed by atoms with Crippen LogP contribution in [0.5, 0.6) is 0 Å². The van der Waals surface area contributed by atoms with E-state index in [0.29, 0.717) is 12.8 Å². The van der Waals surface area contributed by atoms with E-state index in [-0.39, 0.29) is 19.4 Å². The smallest absolute Gasteiger partial charge is 0.462 e. The molecule has 0 bridgehead atoms. The standard InChI is InChI=1S/C41H67O8P/c1-3-5-7-9-11-13-15-17-18-19-20-21-22-24-25-27-29-31-33-35-40(42)47-37-39(38-48-50(44,45)46)49-41(43)36-34-32-30-28-26-23-16-14-12-10-8-6-4-2/h5-8,10-14,16-18,23,26,39H,3-4,9,15,19-22,24-25,27-38H2,1-2H3,(H2,44,45,46)/b7-5+,8-6+,12-10+,13-11+,16-14+,18-17+,26-23+. The van der Waals surface area contributed by atoms with Gasteiger partial charge in [-0.2, -0.15) is 0 Å². The van der Waals surface area contributed by atoms with E-state index in [1.54, 1.807) is 0 Å². The quantitative estimate of drug-likeness (QED) is 0.0226. The predicted octanol–water partition coefficient (Wildman–Crippen LogP) is 11.3. The fourth-order valence-corrected chi connectivity index (χ4v) is 5.11. The van der Waals surface area contributed by atoms with Crippen molar-refractivity contribution in [3.63, 3.8) is 0 Å². The maximum absolute atomic E-state index is 12.3. The molecule has 0 amide bonds. The van der Waals surface area contributed by atoms with Crippen LogP contribution in [-0.2, 0) is 28.2 Å². The summed E-state index contributed by atoms with van der Waals surface area (Å²) in [4.78, 5) is 42.7. The van der Waals surface area contributed by atoms with Gasteiger partial charge in [0.2, 0.25) is 0 Å². The molecule has 0 aromatic carbocycles. The van der Waals surface area contributed by atoms with Crippen LogP contribution in [0.3, 0.4) is 0 Å². The average molecular weight is 719 g/mol. The van der Waals surface area contributed by atoms with Gasteiger partial charge in [-0.25, -0.2) is 4.57 Å². The predicted molar refractivity (Wildman–Crippen MR) is 207 cm³/mol. The SMILES string of the molecule is CC/C=C/C=C/C=C/C=C/CCCCCC(=O)OC(COC(=O)CCCCCCCCCCC/C=C/C/C=C/C/C=C/CC)COP(=O)(O)O. The van der Waals surface area contributed by atoms with Crippen molar-refractivity contribution < 1.29 is 37.9 Å². The Labute approximate surface area is 303 Å². The Morgan fingerprint density at radius 3 is 1.60 bits per heavy atom. The average Bonchev–Trinajstić information content (AvgIpc) is 3.08. The first kappa shape index (κ1) is 47.2. The molecule has 0 aromatic rings. The van der Waals surface area contributed by atoms with Gasteiger partial charge in [0.15, 0.2) is 6.10 Å². The van der Waals surface area contributed by atoms with Gasteiger partial charge < -0.3 is 19.3 Å². The van der Waals surface area contributed by atoms with Crippen molar-refractivity contribution in [3.8, 4) is 0 Å². The minimum atomic E-state index is -4.77. The number of hydrogen-bond donors (Lipinski definition) is 2. The second kappa shape index (κ2) is 36.0. The molecule has 0 aliphatic heterocycles. The number of phosphoric acid groups is 1. The van der Waals surface area contributed by atoms with Crippen LogP contribution >= 0.6 is 7.82 Å². The van der Waals surface area contributed by atoms with Gasteiger partial charge in [0.05, 0.1) is 6.61 Å². The summed E-state index contributed by atoms with van der Waals surface area (Å²) in [5, 5.41) is 0. The van der Waals surface area contributed by atoms with Crippen molar-refractivity contribution in [2.75, 3.05) is 13.2 Å². The Bertz CT molecular complexity index is 1080. The third kappa shape index (κ3) is 38.0. The number of allylic oxidation sites excluding steroid dienone is 14. The number of hydrogen-bond acceptors (Lipinski definition) is 6. The second-order valence-electron chi connectivity index (χ2n) is 12.2. The summed E-state index contributed by atoms with van der Waals surface area (Å²) in [6.45, 7) is 3.37. The minimum Gasteiger partial charge on any atom is -0.462 e. The van der Waals surface area contributed by atoms with E-state index in [4.69, 9.17) is 19.3 Å². The third-order valence-electron chi connectivity index (χ3n) is 7.50. The molecule has 50 heavy (non-hydrogen) atoms. The number of esters is 2. The van der Waals surface area contributed by atoms with Crippen LogP contribution in [0, 0.1) is 0 Å². The summed E-state index contributed by atoms with van der Waals surface area (Å²) in [6.07, 6.45) is 47.4. The van der Waals surface area contributed by atoms with Crippen LogP contribution in [0.1, 0.15) is 142 Å². The molecule has 0 aliphatic carbocycles. The van der Waals surface area contributed by atoms with Crippen molar-refractivity contribution in [1.29, 1.82) is 0 Å². The van der Waals surface area contributed by atoms with Crippen molar-refractivity contribution in [2.45, 2.75) is 148 Å². The molecule has 0 spiro atoms. The van der Waals surface area contributed by atoms with Gasteiger partial charge in [0.25, 0.3) is 0 Å². The molecular weight excluding hydrogens is 651 g/mol. The largest absolute Gasteiger partial charge is 0.469 e. The molecule has 2 N–H and O–H groups in total. The molecule has 0 saturated carbocycles. The number of carbonyl (C=O) groups excluding carboxylic acids is 2. The number of phosphoric ester groups is 1. The molecular formula is C41H67O8P. The molecule has 0 fully saturated rings. The summed E-state index contributed by atoms with van der Waals surface area (Å²) >= 11 is 0. The van der Waals surface area contributed by atoms with Gasteiger partial charge in [0, 0.05) is 12.8 Å². The highest BCUT2D eigenvalue weighted by Gasteiger charge is 2.22. The van der Waals surface area contributed by atoms with Crippen LogP contribution in [0.4, 0.5) is 0 Å². The van der Waals surface area contributed by atoms with E-state index >= 15 is 0 Å². The topological polar surface area (TPSA) is 119 Å². The number of ether oxygens (including phenoxy) is 2. The highest BCUT2D eigenvalue weighted by molar-refractivity contribution is 7.46.